The maximum atomic E-state index is 5.56. The summed E-state index contributed by atoms with van der Waals surface area (Å²) in [5.41, 5.74) is 5.49. The first kappa shape index (κ1) is 12.3. The first-order valence-corrected chi connectivity index (χ1v) is 6.22. The summed E-state index contributed by atoms with van der Waals surface area (Å²) in [7, 11) is 2.16. The second kappa shape index (κ2) is 5.46. The van der Waals surface area contributed by atoms with Crippen molar-refractivity contribution in [2.45, 2.75) is 32.4 Å². The van der Waals surface area contributed by atoms with E-state index in [4.69, 9.17) is 10.2 Å². The van der Waals surface area contributed by atoms with E-state index in [1.807, 2.05) is 0 Å². The highest BCUT2D eigenvalue weighted by Crippen LogP contribution is 2.20. The van der Waals surface area contributed by atoms with Crippen LogP contribution in [0, 0.1) is 0 Å². The third-order valence-corrected chi connectivity index (χ3v) is 3.25. The predicted octanol–water partition coefficient (Wildman–Crippen LogP) is 0.449. The Balaban J connectivity index is 2.15. The third-order valence-electron chi connectivity index (χ3n) is 3.25. The summed E-state index contributed by atoms with van der Waals surface area (Å²) in [6.45, 7) is 5.62. The molecule has 1 aliphatic rings. The molecule has 0 amide bonds. The molecule has 96 valence electrons. The molecule has 2 heterocycles. The number of nitrogens with zero attached hydrogens (tertiary/aromatic N) is 4. The molecule has 2 N–H and O–H groups in total. The van der Waals surface area contributed by atoms with Crippen LogP contribution in [-0.2, 0) is 6.54 Å². The summed E-state index contributed by atoms with van der Waals surface area (Å²) in [5, 5.41) is 8.02. The zero-order chi connectivity index (χ0) is 12.3. The van der Waals surface area contributed by atoms with E-state index in [0.29, 0.717) is 24.5 Å². The van der Waals surface area contributed by atoms with Crippen molar-refractivity contribution in [2.24, 2.45) is 5.73 Å². The molecule has 1 aliphatic heterocycles. The lowest BCUT2D eigenvalue weighted by Gasteiger charge is -2.28. The molecule has 6 heteroatoms. The van der Waals surface area contributed by atoms with Gasteiger partial charge in [0.15, 0.2) is 0 Å². The van der Waals surface area contributed by atoms with Gasteiger partial charge in [-0.2, -0.15) is 0 Å². The van der Waals surface area contributed by atoms with E-state index in [9.17, 15) is 0 Å². The van der Waals surface area contributed by atoms with E-state index in [-0.39, 0.29) is 0 Å². The van der Waals surface area contributed by atoms with Crippen LogP contribution in [0.5, 0.6) is 0 Å². The van der Waals surface area contributed by atoms with Gasteiger partial charge in [0.25, 0.3) is 0 Å². The van der Waals surface area contributed by atoms with Crippen LogP contribution in [0.15, 0.2) is 4.42 Å². The van der Waals surface area contributed by atoms with E-state index >= 15 is 0 Å². The van der Waals surface area contributed by atoms with Crippen LogP contribution in [-0.4, -0.2) is 47.8 Å². The number of hydrogen-bond acceptors (Lipinski definition) is 6. The van der Waals surface area contributed by atoms with E-state index < -0.39 is 0 Å². The second-order valence-electron chi connectivity index (χ2n) is 4.55. The molecule has 2 rings (SSSR count). The highest BCUT2D eigenvalue weighted by Gasteiger charge is 2.25. The van der Waals surface area contributed by atoms with Crippen LogP contribution in [0.4, 0.5) is 6.01 Å². The molecule has 6 nitrogen and oxygen atoms in total. The number of hydrogen-bond donors (Lipinski definition) is 1. The third kappa shape index (κ3) is 2.76. The topological polar surface area (TPSA) is 71.4 Å². The van der Waals surface area contributed by atoms with Gasteiger partial charge >= 0.3 is 6.01 Å². The Morgan fingerprint density at radius 1 is 1.41 bits per heavy atom. The minimum atomic E-state index is 0.303. The van der Waals surface area contributed by atoms with Gasteiger partial charge in [0.05, 0.1) is 6.54 Å². The average Bonchev–Trinajstić information content (AvgIpc) is 2.73. The molecular formula is C11H21N5O. The number of anilines is 1. The van der Waals surface area contributed by atoms with Crippen molar-refractivity contribution in [1.29, 1.82) is 0 Å². The molecule has 0 radical (unpaired) electrons. The molecule has 1 saturated heterocycles. The SMILES string of the molecule is CCC1CN(C)CCCN1c1nnc(CN)o1. The van der Waals surface area contributed by atoms with Crippen LogP contribution in [0.1, 0.15) is 25.7 Å². The molecule has 0 bridgehead atoms. The van der Waals surface area contributed by atoms with E-state index in [0.717, 1.165) is 32.5 Å². The second-order valence-corrected chi connectivity index (χ2v) is 4.55. The van der Waals surface area contributed by atoms with Gasteiger partial charge in [-0.05, 0) is 26.4 Å². The zero-order valence-corrected chi connectivity index (χ0v) is 10.6. The van der Waals surface area contributed by atoms with Crippen LogP contribution >= 0.6 is 0 Å². The number of rotatable bonds is 3. The first-order valence-electron chi connectivity index (χ1n) is 6.22. The minimum Gasteiger partial charge on any atom is -0.407 e. The van der Waals surface area contributed by atoms with Crippen LogP contribution < -0.4 is 10.6 Å². The highest BCUT2D eigenvalue weighted by molar-refractivity contribution is 5.27. The highest BCUT2D eigenvalue weighted by atomic mass is 16.4. The Kier molecular flexibility index (Phi) is 3.96. The van der Waals surface area contributed by atoms with Gasteiger partial charge < -0.3 is 20.0 Å². The minimum absolute atomic E-state index is 0.303. The monoisotopic (exact) mass is 239 g/mol. The smallest absolute Gasteiger partial charge is 0.318 e. The molecule has 0 aliphatic carbocycles. The maximum Gasteiger partial charge on any atom is 0.318 e. The quantitative estimate of drug-likeness (QED) is 0.825. The number of aromatic nitrogens is 2. The van der Waals surface area contributed by atoms with Gasteiger partial charge in [-0.25, -0.2) is 0 Å². The molecular weight excluding hydrogens is 218 g/mol. The fourth-order valence-corrected chi connectivity index (χ4v) is 2.29. The zero-order valence-electron chi connectivity index (χ0n) is 10.6. The first-order chi connectivity index (χ1) is 8.24. The lowest BCUT2D eigenvalue weighted by molar-refractivity contribution is 0.324. The van der Waals surface area contributed by atoms with Crippen molar-refractivity contribution in [3.05, 3.63) is 5.89 Å². The fourth-order valence-electron chi connectivity index (χ4n) is 2.29. The van der Waals surface area contributed by atoms with Crippen LogP contribution in [0.25, 0.3) is 0 Å². The maximum absolute atomic E-state index is 5.56. The summed E-state index contributed by atoms with van der Waals surface area (Å²) in [4.78, 5) is 4.57. The lowest BCUT2D eigenvalue weighted by atomic mass is 10.2. The van der Waals surface area contributed by atoms with Gasteiger partial charge in [0.2, 0.25) is 5.89 Å². The van der Waals surface area contributed by atoms with Crippen molar-refractivity contribution < 1.29 is 4.42 Å². The number of nitrogens with two attached hydrogens (primary N) is 1. The Morgan fingerprint density at radius 3 is 2.88 bits per heavy atom. The fraction of sp³-hybridized carbons (Fsp3) is 0.818. The summed E-state index contributed by atoms with van der Waals surface area (Å²) in [5.74, 6) is 0.507. The predicted molar refractivity (Wildman–Crippen MR) is 65.7 cm³/mol. The Bertz CT molecular complexity index is 353. The summed E-state index contributed by atoms with van der Waals surface area (Å²) >= 11 is 0. The molecule has 1 unspecified atom stereocenters. The molecule has 17 heavy (non-hydrogen) atoms. The molecule has 0 saturated carbocycles. The van der Waals surface area contributed by atoms with Gasteiger partial charge in [-0.1, -0.05) is 12.0 Å². The Labute approximate surface area is 102 Å². The normalized spacial score (nSPS) is 22.8. The van der Waals surface area contributed by atoms with Gasteiger partial charge in [0.1, 0.15) is 0 Å². The lowest BCUT2D eigenvalue weighted by Crippen LogP contribution is -2.40. The molecule has 1 fully saturated rings. The summed E-state index contributed by atoms with van der Waals surface area (Å²) in [6, 6.07) is 1.06. The summed E-state index contributed by atoms with van der Waals surface area (Å²) < 4.78 is 5.56. The Morgan fingerprint density at radius 2 is 2.24 bits per heavy atom. The molecule has 1 aromatic heterocycles. The van der Waals surface area contributed by atoms with Crippen LogP contribution in [0.3, 0.4) is 0 Å². The average molecular weight is 239 g/mol. The van der Waals surface area contributed by atoms with Crippen molar-refractivity contribution in [3.8, 4) is 0 Å². The largest absolute Gasteiger partial charge is 0.407 e. The van der Waals surface area contributed by atoms with Crippen molar-refractivity contribution in [2.75, 3.05) is 31.6 Å². The molecule has 0 spiro atoms. The van der Waals surface area contributed by atoms with Crippen molar-refractivity contribution in [3.63, 3.8) is 0 Å². The van der Waals surface area contributed by atoms with Crippen molar-refractivity contribution in [1.82, 2.24) is 15.1 Å². The molecule has 0 aromatic carbocycles. The molecule has 1 aromatic rings. The standard InChI is InChI=1S/C11H21N5O/c1-3-9-8-15(2)5-4-6-16(9)11-14-13-10(7-12)17-11/h9H,3-8,12H2,1-2H3. The van der Waals surface area contributed by atoms with Crippen LogP contribution in [0.2, 0.25) is 0 Å². The number of likely N-dealkylation sites (N-methyl/N-ethyl adjacent to an activating group) is 1. The van der Waals surface area contributed by atoms with Gasteiger partial charge in [0, 0.05) is 19.1 Å². The van der Waals surface area contributed by atoms with Gasteiger partial charge in [-0.3, -0.25) is 0 Å². The Hall–Kier alpha value is -1.14. The van der Waals surface area contributed by atoms with Crippen molar-refractivity contribution >= 4 is 6.01 Å². The van der Waals surface area contributed by atoms with E-state index in [2.05, 4.69) is 34.0 Å². The van der Waals surface area contributed by atoms with E-state index in [1.54, 1.807) is 0 Å². The summed E-state index contributed by atoms with van der Waals surface area (Å²) in [6.07, 6.45) is 2.19. The van der Waals surface area contributed by atoms with E-state index in [1.165, 1.54) is 0 Å². The van der Waals surface area contributed by atoms with Gasteiger partial charge in [-0.15, -0.1) is 5.10 Å². The molecule has 1 atom stereocenters.